The molecule has 0 aromatic heterocycles. The Bertz CT molecular complexity index is 726. The molecular formula is C20H23NO4. The van der Waals surface area contributed by atoms with E-state index in [0.717, 1.165) is 32.3 Å². The number of benzene rings is 1. The number of nitrogens with one attached hydrogen (secondary N) is 1. The van der Waals surface area contributed by atoms with Gasteiger partial charge in [-0.2, -0.15) is 0 Å². The Balaban J connectivity index is 1.29. The van der Waals surface area contributed by atoms with Crippen LogP contribution in [0.5, 0.6) is 5.75 Å². The maximum atomic E-state index is 12.6. The summed E-state index contributed by atoms with van der Waals surface area (Å²) < 4.78 is 11.9. The summed E-state index contributed by atoms with van der Waals surface area (Å²) in [7, 11) is 0. The number of Topliss-reactive ketones (excluding diaryl/α,β-unsaturated/α-hetero) is 1. The molecule has 1 spiro atoms. The van der Waals surface area contributed by atoms with E-state index in [2.05, 4.69) is 5.32 Å². The SMILES string of the molecule is O=C1C[C@]2(CC[C@@H]3[C@H](C(=O)NC[C@@H]4CCCO4)[C@H]32)Oc2ccccc21. The third kappa shape index (κ3) is 2.40. The summed E-state index contributed by atoms with van der Waals surface area (Å²) in [6.45, 7) is 1.40. The average Bonchev–Trinajstić information content (AvgIpc) is 2.94. The van der Waals surface area contributed by atoms with Crippen molar-refractivity contribution in [2.24, 2.45) is 17.8 Å². The summed E-state index contributed by atoms with van der Waals surface area (Å²) in [5.74, 6) is 1.47. The van der Waals surface area contributed by atoms with Crippen molar-refractivity contribution < 1.29 is 19.1 Å². The molecule has 5 atom stereocenters. The number of para-hydroxylation sites is 1. The first-order valence-electron chi connectivity index (χ1n) is 9.38. The fourth-order valence-electron chi connectivity index (χ4n) is 5.26. The molecule has 25 heavy (non-hydrogen) atoms. The lowest BCUT2D eigenvalue weighted by atomic mass is 9.84. The van der Waals surface area contributed by atoms with Gasteiger partial charge in [0.25, 0.3) is 0 Å². The highest BCUT2D eigenvalue weighted by molar-refractivity contribution is 6.00. The summed E-state index contributed by atoms with van der Waals surface area (Å²) in [4.78, 5) is 25.2. The van der Waals surface area contributed by atoms with Crippen LogP contribution in [0.4, 0.5) is 0 Å². The first kappa shape index (κ1) is 15.4. The molecule has 0 bridgehead atoms. The predicted molar refractivity (Wildman–Crippen MR) is 90.4 cm³/mol. The Kier molecular flexibility index (Phi) is 3.42. The Morgan fingerprint density at radius 3 is 3.00 bits per heavy atom. The average molecular weight is 341 g/mol. The molecule has 5 rings (SSSR count). The number of fused-ring (bicyclic) bond motifs is 3. The van der Waals surface area contributed by atoms with Gasteiger partial charge in [0.1, 0.15) is 11.4 Å². The molecule has 1 aromatic carbocycles. The van der Waals surface area contributed by atoms with Gasteiger partial charge in [0, 0.05) is 25.0 Å². The first-order chi connectivity index (χ1) is 12.2. The second-order valence-corrected chi connectivity index (χ2v) is 7.90. The minimum atomic E-state index is -0.470. The number of carbonyl (C=O) groups is 2. The molecule has 3 fully saturated rings. The highest BCUT2D eigenvalue weighted by Gasteiger charge is 2.70. The maximum Gasteiger partial charge on any atom is 0.223 e. The van der Waals surface area contributed by atoms with Crippen molar-refractivity contribution >= 4 is 11.7 Å². The molecule has 0 unspecified atom stereocenters. The van der Waals surface area contributed by atoms with Gasteiger partial charge >= 0.3 is 0 Å². The van der Waals surface area contributed by atoms with Crippen molar-refractivity contribution in [3.63, 3.8) is 0 Å². The molecule has 4 aliphatic rings. The molecule has 0 radical (unpaired) electrons. The monoisotopic (exact) mass is 341 g/mol. The summed E-state index contributed by atoms with van der Waals surface area (Å²) in [6.07, 6.45) is 4.51. The molecule has 1 amide bonds. The van der Waals surface area contributed by atoms with Crippen LogP contribution in [0.25, 0.3) is 0 Å². The predicted octanol–water partition coefficient (Wildman–Crippen LogP) is 2.34. The fourth-order valence-corrected chi connectivity index (χ4v) is 5.26. The van der Waals surface area contributed by atoms with E-state index in [1.807, 2.05) is 24.3 Å². The molecule has 2 aliphatic carbocycles. The number of rotatable bonds is 3. The quantitative estimate of drug-likeness (QED) is 0.916. The third-order valence-corrected chi connectivity index (χ3v) is 6.47. The van der Waals surface area contributed by atoms with Gasteiger partial charge in [-0.25, -0.2) is 0 Å². The normalized spacial score (nSPS) is 38.2. The van der Waals surface area contributed by atoms with E-state index < -0.39 is 5.60 Å². The fraction of sp³-hybridized carbons (Fsp3) is 0.600. The second-order valence-electron chi connectivity index (χ2n) is 7.90. The Labute approximate surface area is 147 Å². The molecule has 5 nitrogen and oxygen atoms in total. The van der Waals surface area contributed by atoms with Crippen LogP contribution in [-0.4, -0.2) is 36.5 Å². The lowest BCUT2D eigenvalue weighted by molar-refractivity contribution is -0.124. The highest BCUT2D eigenvalue weighted by atomic mass is 16.5. The lowest BCUT2D eigenvalue weighted by Gasteiger charge is -2.37. The van der Waals surface area contributed by atoms with E-state index in [-0.39, 0.29) is 29.6 Å². The maximum absolute atomic E-state index is 12.6. The lowest BCUT2D eigenvalue weighted by Crippen LogP contribution is -2.44. The van der Waals surface area contributed by atoms with E-state index in [0.29, 0.717) is 30.2 Å². The van der Waals surface area contributed by atoms with Gasteiger partial charge in [-0.3, -0.25) is 9.59 Å². The van der Waals surface area contributed by atoms with Gasteiger partial charge in [-0.05, 0) is 43.7 Å². The number of amides is 1. The number of ether oxygens (including phenoxy) is 2. The summed E-state index contributed by atoms with van der Waals surface area (Å²) >= 11 is 0. The molecule has 1 N–H and O–H groups in total. The highest BCUT2D eigenvalue weighted by Crippen LogP contribution is 2.65. The largest absolute Gasteiger partial charge is 0.486 e. The van der Waals surface area contributed by atoms with Gasteiger partial charge in [0.2, 0.25) is 5.91 Å². The number of carbonyl (C=O) groups excluding carboxylic acids is 2. The molecule has 2 saturated carbocycles. The number of hydrogen-bond donors (Lipinski definition) is 1. The van der Waals surface area contributed by atoms with Gasteiger partial charge in [-0.1, -0.05) is 12.1 Å². The molecule has 5 heteroatoms. The van der Waals surface area contributed by atoms with Crippen molar-refractivity contribution in [3.05, 3.63) is 29.8 Å². The Morgan fingerprint density at radius 2 is 2.16 bits per heavy atom. The molecule has 132 valence electrons. The zero-order chi connectivity index (χ0) is 17.0. The minimum absolute atomic E-state index is 0.00628. The smallest absolute Gasteiger partial charge is 0.223 e. The van der Waals surface area contributed by atoms with Crippen LogP contribution in [-0.2, 0) is 9.53 Å². The molecule has 2 heterocycles. The third-order valence-electron chi connectivity index (χ3n) is 6.47. The Hall–Kier alpha value is -1.88. The van der Waals surface area contributed by atoms with Crippen LogP contribution in [0.2, 0.25) is 0 Å². The van der Waals surface area contributed by atoms with E-state index >= 15 is 0 Å². The standard InChI is InChI=1S/C20H23NO4/c22-15-10-20(25-16-6-2-1-5-13(15)16)8-7-14-17(18(14)20)19(23)21-11-12-4-3-9-24-12/h1-2,5-6,12,14,17-18H,3-4,7-11H2,(H,21,23)/t12-,14+,17-,18-,20-/m0/s1. The minimum Gasteiger partial charge on any atom is -0.486 e. The van der Waals surface area contributed by atoms with Crippen LogP contribution in [0, 0.1) is 17.8 Å². The van der Waals surface area contributed by atoms with E-state index in [9.17, 15) is 9.59 Å². The van der Waals surface area contributed by atoms with E-state index in [1.54, 1.807) is 0 Å². The van der Waals surface area contributed by atoms with Crippen molar-refractivity contribution in [1.29, 1.82) is 0 Å². The zero-order valence-electron chi connectivity index (χ0n) is 14.2. The van der Waals surface area contributed by atoms with Crippen LogP contribution in [0.1, 0.15) is 42.5 Å². The summed E-state index contributed by atoms with van der Waals surface area (Å²) in [6, 6.07) is 7.47. The van der Waals surface area contributed by atoms with Crippen molar-refractivity contribution in [2.75, 3.05) is 13.2 Å². The van der Waals surface area contributed by atoms with Crippen LogP contribution in [0.3, 0.4) is 0 Å². The van der Waals surface area contributed by atoms with Gasteiger partial charge in [0.05, 0.1) is 18.1 Å². The van der Waals surface area contributed by atoms with Crippen molar-refractivity contribution in [2.45, 2.75) is 43.8 Å². The first-order valence-corrected chi connectivity index (χ1v) is 9.38. The van der Waals surface area contributed by atoms with Crippen molar-refractivity contribution in [1.82, 2.24) is 5.32 Å². The summed E-state index contributed by atoms with van der Waals surface area (Å²) in [5, 5.41) is 3.06. The second kappa shape index (κ2) is 5.56. The number of hydrogen-bond acceptors (Lipinski definition) is 4. The molecular weight excluding hydrogens is 318 g/mol. The van der Waals surface area contributed by atoms with Gasteiger partial charge < -0.3 is 14.8 Å². The summed E-state index contributed by atoms with van der Waals surface area (Å²) in [5.41, 5.74) is 0.207. The van der Waals surface area contributed by atoms with Crippen LogP contribution in [0.15, 0.2) is 24.3 Å². The molecule has 2 aliphatic heterocycles. The molecule has 1 saturated heterocycles. The van der Waals surface area contributed by atoms with Crippen molar-refractivity contribution in [3.8, 4) is 5.75 Å². The topological polar surface area (TPSA) is 64.6 Å². The Morgan fingerprint density at radius 1 is 1.28 bits per heavy atom. The zero-order valence-corrected chi connectivity index (χ0v) is 14.2. The molecule has 1 aromatic rings. The van der Waals surface area contributed by atoms with Gasteiger partial charge in [-0.15, -0.1) is 0 Å². The van der Waals surface area contributed by atoms with E-state index in [4.69, 9.17) is 9.47 Å². The number of ketones is 1. The van der Waals surface area contributed by atoms with Gasteiger partial charge in [0.15, 0.2) is 5.78 Å². The van der Waals surface area contributed by atoms with E-state index in [1.165, 1.54) is 0 Å². The van der Waals surface area contributed by atoms with Crippen LogP contribution >= 0.6 is 0 Å². The van der Waals surface area contributed by atoms with Crippen LogP contribution < -0.4 is 10.1 Å².